The van der Waals surface area contributed by atoms with Crippen molar-refractivity contribution >= 4 is 27.8 Å². The fourth-order valence-corrected chi connectivity index (χ4v) is 4.31. The van der Waals surface area contributed by atoms with E-state index in [0.717, 1.165) is 15.4 Å². The number of hydrogen-bond donors (Lipinski definition) is 1. The Kier molecular flexibility index (Phi) is 6.13. The van der Waals surface area contributed by atoms with Crippen LogP contribution in [0.2, 0.25) is 0 Å². The lowest BCUT2D eigenvalue weighted by Crippen LogP contribution is -2.40. The van der Waals surface area contributed by atoms with Gasteiger partial charge in [-0.1, -0.05) is 35.9 Å². The standard InChI is InChI=1S/C21H21N3O4S/c1-16-10-11-20(17(2)13-16)24(29(26,27)19-8-4-3-5-9-19)15-21(25)23-22-14-18-7-6-12-28-18/h3-14H,15H2,1-2H3,(H,23,25)/b22-14+. The van der Waals surface area contributed by atoms with Crippen LogP contribution in [0, 0.1) is 13.8 Å². The Morgan fingerprint density at radius 1 is 1.10 bits per heavy atom. The van der Waals surface area contributed by atoms with Crippen LogP contribution in [0.3, 0.4) is 0 Å². The van der Waals surface area contributed by atoms with Gasteiger partial charge >= 0.3 is 0 Å². The van der Waals surface area contributed by atoms with E-state index in [1.54, 1.807) is 36.4 Å². The molecule has 1 heterocycles. The molecule has 0 spiro atoms. The normalized spacial score (nSPS) is 11.5. The molecule has 0 atom stereocenters. The van der Waals surface area contributed by atoms with Gasteiger partial charge in [-0.05, 0) is 49.7 Å². The molecule has 7 nitrogen and oxygen atoms in total. The molecule has 0 unspecified atom stereocenters. The Bertz CT molecular complexity index is 1110. The first-order valence-electron chi connectivity index (χ1n) is 8.88. The number of hydrogen-bond acceptors (Lipinski definition) is 5. The van der Waals surface area contributed by atoms with E-state index in [0.29, 0.717) is 11.4 Å². The van der Waals surface area contributed by atoms with Gasteiger partial charge in [0.1, 0.15) is 12.3 Å². The summed E-state index contributed by atoms with van der Waals surface area (Å²) in [4.78, 5) is 12.6. The van der Waals surface area contributed by atoms with E-state index in [1.165, 1.54) is 24.6 Å². The molecule has 8 heteroatoms. The fraction of sp³-hybridized carbons (Fsp3) is 0.143. The minimum absolute atomic E-state index is 0.104. The quantitative estimate of drug-likeness (QED) is 0.477. The van der Waals surface area contributed by atoms with E-state index < -0.39 is 22.5 Å². The van der Waals surface area contributed by atoms with Crippen LogP contribution >= 0.6 is 0 Å². The van der Waals surface area contributed by atoms with E-state index >= 15 is 0 Å². The van der Waals surface area contributed by atoms with Crippen molar-refractivity contribution in [2.75, 3.05) is 10.8 Å². The Morgan fingerprint density at radius 3 is 2.52 bits per heavy atom. The number of hydrazone groups is 1. The highest BCUT2D eigenvalue weighted by Gasteiger charge is 2.28. The van der Waals surface area contributed by atoms with Crippen LogP contribution in [0.5, 0.6) is 0 Å². The zero-order chi connectivity index (χ0) is 20.9. The summed E-state index contributed by atoms with van der Waals surface area (Å²) in [5.74, 6) is -0.110. The van der Waals surface area contributed by atoms with Gasteiger partial charge in [-0.3, -0.25) is 9.10 Å². The van der Waals surface area contributed by atoms with E-state index in [9.17, 15) is 13.2 Å². The van der Waals surface area contributed by atoms with E-state index in [1.807, 2.05) is 26.0 Å². The molecule has 3 aromatic rings. The lowest BCUT2D eigenvalue weighted by Gasteiger charge is -2.25. The van der Waals surface area contributed by atoms with Crippen molar-refractivity contribution in [2.24, 2.45) is 5.10 Å². The summed E-state index contributed by atoms with van der Waals surface area (Å²) in [7, 11) is -3.95. The monoisotopic (exact) mass is 411 g/mol. The average molecular weight is 411 g/mol. The second-order valence-electron chi connectivity index (χ2n) is 6.42. The van der Waals surface area contributed by atoms with Crippen LogP contribution in [0.15, 0.2) is 81.3 Å². The first-order chi connectivity index (χ1) is 13.9. The number of carbonyl (C=O) groups excluding carboxylic acids is 1. The maximum atomic E-state index is 13.3. The molecule has 0 aliphatic rings. The first kappa shape index (κ1) is 20.3. The van der Waals surface area contributed by atoms with Crippen LogP contribution in [0.25, 0.3) is 0 Å². The van der Waals surface area contributed by atoms with Gasteiger partial charge in [-0.15, -0.1) is 0 Å². The largest absolute Gasteiger partial charge is 0.463 e. The highest BCUT2D eigenvalue weighted by Crippen LogP contribution is 2.27. The lowest BCUT2D eigenvalue weighted by atomic mass is 10.1. The Balaban J connectivity index is 1.89. The summed E-state index contributed by atoms with van der Waals surface area (Å²) in [6, 6.07) is 16.8. The Hall–Kier alpha value is -3.39. The third-order valence-corrected chi connectivity index (χ3v) is 5.94. The zero-order valence-electron chi connectivity index (χ0n) is 16.1. The number of rotatable bonds is 7. The second kappa shape index (κ2) is 8.74. The molecule has 150 valence electrons. The molecule has 1 N–H and O–H groups in total. The number of aryl methyl sites for hydroxylation is 2. The summed E-state index contributed by atoms with van der Waals surface area (Å²) < 4.78 is 32.7. The van der Waals surface area contributed by atoms with E-state index in [2.05, 4.69) is 10.5 Å². The summed E-state index contributed by atoms with van der Waals surface area (Å²) in [5, 5.41) is 3.81. The van der Waals surface area contributed by atoms with Crippen molar-refractivity contribution in [3.63, 3.8) is 0 Å². The maximum absolute atomic E-state index is 13.3. The van der Waals surface area contributed by atoms with Gasteiger partial charge in [0, 0.05) is 0 Å². The van der Waals surface area contributed by atoms with Crippen molar-refractivity contribution in [1.29, 1.82) is 0 Å². The number of furan rings is 1. The van der Waals surface area contributed by atoms with Gasteiger partial charge in [-0.2, -0.15) is 5.10 Å². The van der Waals surface area contributed by atoms with Crippen LogP contribution in [0.1, 0.15) is 16.9 Å². The lowest BCUT2D eigenvalue weighted by molar-refractivity contribution is -0.119. The molecular weight excluding hydrogens is 390 g/mol. The molecule has 0 bridgehead atoms. The van der Waals surface area contributed by atoms with Crippen molar-refractivity contribution in [1.82, 2.24) is 5.43 Å². The molecule has 0 saturated heterocycles. The number of nitrogens with one attached hydrogen (secondary N) is 1. The van der Waals surface area contributed by atoms with Crippen LogP contribution in [-0.4, -0.2) is 27.1 Å². The van der Waals surface area contributed by atoms with E-state index in [4.69, 9.17) is 4.42 Å². The molecule has 0 aliphatic heterocycles. The Morgan fingerprint density at radius 2 is 1.86 bits per heavy atom. The van der Waals surface area contributed by atoms with Crippen LogP contribution in [-0.2, 0) is 14.8 Å². The van der Waals surface area contributed by atoms with Gasteiger partial charge < -0.3 is 4.42 Å². The molecule has 2 aromatic carbocycles. The van der Waals surface area contributed by atoms with Crippen molar-refractivity contribution in [2.45, 2.75) is 18.7 Å². The second-order valence-corrected chi connectivity index (χ2v) is 8.29. The van der Waals surface area contributed by atoms with Gasteiger partial charge in [0.2, 0.25) is 0 Å². The summed E-state index contributed by atoms with van der Waals surface area (Å²) in [6.45, 7) is 3.31. The first-order valence-corrected chi connectivity index (χ1v) is 10.3. The number of nitrogens with zero attached hydrogens (tertiary/aromatic N) is 2. The maximum Gasteiger partial charge on any atom is 0.264 e. The highest BCUT2D eigenvalue weighted by molar-refractivity contribution is 7.92. The van der Waals surface area contributed by atoms with Crippen LogP contribution < -0.4 is 9.73 Å². The number of amides is 1. The SMILES string of the molecule is Cc1ccc(N(CC(=O)N/N=C/c2ccco2)S(=O)(=O)c2ccccc2)c(C)c1. The summed E-state index contributed by atoms with van der Waals surface area (Å²) in [6.07, 6.45) is 2.82. The number of sulfonamides is 1. The van der Waals surface area contributed by atoms with Gasteiger partial charge in [0.25, 0.3) is 15.9 Å². The fourth-order valence-electron chi connectivity index (χ4n) is 2.80. The number of benzene rings is 2. The third-order valence-electron chi connectivity index (χ3n) is 4.16. The predicted molar refractivity (Wildman–Crippen MR) is 111 cm³/mol. The molecule has 0 radical (unpaired) electrons. The topological polar surface area (TPSA) is 92.0 Å². The molecule has 3 rings (SSSR count). The number of anilines is 1. The predicted octanol–water partition coefficient (Wildman–Crippen LogP) is 3.24. The van der Waals surface area contributed by atoms with Crippen molar-refractivity contribution in [3.8, 4) is 0 Å². The highest BCUT2D eigenvalue weighted by atomic mass is 32.2. The smallest absolute Gasteiger partial charge is 0.264 e. The van der Waals surface area contributed by atoms with Gasteiger partial charge in [-0.25, -0.2) is 13.8 Å². The van der Waals surface area contributed by atoms with Gasteiger partial charge in [0.15, 0.2) is 0 Å². The minimum Gasteiger partial charge on any atom is -0.463 e. The van der Waals surface area contributed by atoms with Crippen LogP contribution in [0.4, 0.5) is 5.69 Å². The zero-order valence-corrected chi connectivity index (χ0v) is 16.9. The molecule has 1 amide bonds. The van der Waals surface area contributed by atoms with Crippen molar-refractivity contribution < 1.29 is 17.6 Å². The van der Waals surface area contributed by atoms with E-state index in [-0.39, 0.29) is 4.90 Å². The summed E-state index contributed by atoms with van der Waals surface area (Å²) >= 11 is 0. The minimum atomic E-state index is -3.95. The summed E-state index contributed by atoms with van der Waals surface area (Å²) in [5.41, 5.74) is 4.52. The molecule has 29 heavy (non-hydrogen) atoms. The molecule has 1 aromatic heterocycles. The molecule has 0 aliphatic carbocycles. The number of carbonyl (C=O) groups is 1. The van der Waals surface area contributed by atoms with Crippen molar-refractivity contribution in [3.05, 3.63) is 83.8 Å². The molecule has 0 fully saturated rings. The van der Waals surface area contributed by atoms with Gasteiger partial charge in [0.05, 0.1) is 23.1 Å². The third kappa shape index (κ3) is 4.91. The average Bonchev–Trinajstić information content (AvgIpc) is 3.21. The molecular formula is C21H21N3O4S. The molecule has 0 saturated carbocycles. The Labute approximate surface area is 169 Å².